The van der Waals surface area contributed by atoms with Gasteiger partial charge in [-0.1, -0.05) is 45.5 Å². The van der Waals surface area contributed by atoms with Gasteiger partial charge in [0.2, 0.25) is 0 Å². The SMILES string of the molecule is CC(C)C/C=C/C#C[Si](C)(C)C. The molecule has 0 nitrogen and oxygen atoms in total. The maximum atomic E-state index is 3.30. The summed E-state index contributed by atoms with van der Waals surface area (Å²) < 4.78 is 0. The molecule has 0 aromatic carbocycles. The molecule has 0 radical (unpaired) electrons. The lowest BCUT2D eigenvalue weighted by Gasteiger charge is -2.02. The Morgan fingerprint density at radius 1 is 1.25 bits per heavy atom. The van der Waals surface area contributed by atoms with E-state index in [9.17, 15) is 0 Å². The van der Waals surface area contributed by atoms with Crippen molar-refractivity contribution in [3.63, 3.8) is 0 Å². The lowest BCUT2D eigenvalue weighted by Crippen LogP contribution is -2.16. The predicted molar refractivity (Wildman–Crippen MR) is 59.7 cm³/mol. The summed E-state index contributed by atoms with van der Waals surface area (Å²) >= 11 is 0. The highest BCUT2D eigenvalue weighted by molar-refractivity contribution is 6.83. The maximum Gasteiger partial charge on any atom is 0.129 e. The summed E-state index contributed by atoms with van der Waals surface area (Å²) in [4.78, 5) is 0. The summed E-state index contributed by atoms with van der Waals surface area (Å²) in [5.41, 5.74) is 3.30. The molecule has 68 valence electrons. The third-order valence-corrected chi connectivity index (χ3v) is 2.15. The fourth-order valence-corrected chi connectivity index (χ4v) is 1.17. The van der Waals surface area contributed by atoms with Crippen LogP contribution in [0.15, 0.2) is 12.2 Å². The van der Waals surface area contributed by atoms with Gasteiger partial charge in [0, 0.05) is 0 Å². The molecule has 0 aliphatic rings. The Balaban J connectivity index is 3.79. The van der Waals surface area contributed by atoms with Crippen LogP contribution in [0, 0.1) is 17.4 Å². The Bertz CT molecular complexity index is 195. The summed E-state index contributed by atoms with van der Waals surface area (Å²) in [6.07, 6.45) is 5.30. The van der Waals surface area contributed by atoms with E-state index in [1.165, 1.54) is 0 Å². The van der Waals surface area contributed by atoms with Crippen molar-refractivity contribution in [3.8, 4) is 11.5 Å². The van der Waals surface area contributed by atoms with Crippen molar-refractivity contribution in [3.05, 3.63) is 12.2 Å². The molecule has 0 rings (SSSR count). The summed E-state index contributed by atoms with van der Waals surface area (Å²) in [5, 5.41) is 0. The lowest BCUT2D eigenvalue weighted by molar-refractivity contribution is 0.664. The Hall–Kier alpha value is -0.483. The molecule has 0 heterocycles. The van der Waals surface area contributed by atoms with E-state index < -0.39 is 8.07 Å². The van der Waals surface area contributed by atoms with Gasteiger partial charge >= 0.3 is 0 Å². The summed E-state index contributed by atoms with van der Waals surface area (Å²) in [6, 6.07) is 0. The lowest BCUT2D eigenvalue weighted by atomic mass is 10.1. The van der Waals surface area contributed by atoms with Crippen molar-refractivity contribution in [1.29, 1.82) is 0 Å². The molecule has 0 unspecified atom stereocenters. The fourth-order valence-electron chi connectivity index (χ4n) is 0.657. The molecule has 0 saturated carbocycles. The van der Waals surface area contributed by atoms with Gasteiger partial charge in [-0.3, -0.25) is 0 Å². The molecular weight excluding hydrogens is 160 g/mol. The van der Waals surface area contributed by atoms with Gasteiger partial charge in [-0.15, -0.1) is 5.54 Å². The first kappa shape index (κ1) is 11.5. The molecule has 0 aliphatic heterocycles. The van der Waals surface area contributed by atoms with Crippen LogP contribution >= 0.6 is 0 Å². The van der Waals surface area contributed by atoms with E-state index in [0.717, 1.165) is 12.3 Å². The van der Waals surface area contributed by atoms with Crippen LogP contribution in [0.25, 0.3) is 0 Å². The van der Waals surface area contributed by atoms with E-state index in [1.807, 2.05) is 6.08 Å². The fraction of sp³-hybridized carbons (Fsp3) is 0.636. The Morgan fingerprint density at radius 3 is 2.25 bits per heavy atom. The molecule has 0 bridgehead atoms. The van der Waals surface area contributed by atoms with Crippen molar-refractivity contribution in [2.75, 3.05) is 0 Å². The van der Waals surface area contributed by atoms with Crippen LogP contribution in [-0.2, 0) is 0 Å². The topological polar surface area (TPSA) is 0 Å². The van der Waals surface area contributed by atoms with E-state index in [0.29, 0.717) is 0 Å². The summed E-state index contributed by atoms with van der Waals surface area (Å²) in [6.45, 7) is 11.2. The minimum atomic E-state index is -1.15. The molecule has 0 spiro atoms. The number of allylic oxidation sites excluding steroid dienone is 2. The smallest absolute Gasteiger partial charge is 0.127 e. The van der Waals surface area contributed by atoms with Crippen molar-refractivity contribution >= 4 is 8.07 Å². The third-order valence-electron chi connectivity index (χ3n) is 1.26. The van der Waals surface area contributed by atoms with Crippen molar-refractivity contribution < 1.29 is 0 Å². The number of rotatable bonds is 2. The van der Waals surface area contributed by atoms with Gasteiger partial charge in [0.25, 0.3) is 0 Å². The largest absolute Gasteiger partial charge is 0.129 e. The standard InChI is InChI=1S/C11H20Si/c1-11(2)9-7-6-8-10-12(3,4)5/h6-7,11H,9H2,1-5H3/b7-6+. The quantitative estimate of drug-likeness (QED) is 0.451. The zero-order valence-corrected chi connectivity index (χ0v) is 9.94. The normalized spacial score (nSPS) is 11.8. The molecule has 1 heteroatoms. The second kappa shape index (κ2) is 5.21. The second-order valence-electron chi connectivity index (χ2n) is 4.55. The first-order valence-electron chi connectivity index (χ1n) is 4.59. The first-order valence-corrected chi connectivity index (χ1v) is 8.09. The minimum absolute atomic E-state index is 0.745. The molecule has 12 heavy (non-hydrogen) atoms. The highest BCUT2D eigenvalue weighted by Crippen LogP contribution is 1.99. The van der Waals surface area contributed by atoms with E-state index in [4.69, 9.17) is 0 Å². The van der Waals surface area contributed by atoms with Gasteiger partial charge in [0.15, 0.2) is 0 Å². The van der Waals surface area contributed by atoms with Crippen LogP contribution in [0.4, 0.5) is 0 Å². The number of hydrogen-bond acceptors (Lipinski definition) is 0. The van der Waals surface area contributed by atoms with Gasteiger partial charge in [-0.25, -0.2) is 0 Å². The molecular formula is C11H20Si. The van der Waals surface area contributed by atoms with Gasteiger partial charge < -0.3 is 0 Å². The van der Waals surface area contributed by atoms with Crippen molar-refractivity contribution in [2.45, 2.75) is 39.9 Å². The Morgan fingerprint density at radius 2 is 1.83 bits per heavy atom. The minimum Gasteiger partial charge on any atom is -0.127 e. The summed E-state index contributed by atoms with van der Waals surface area (Å²) in [7, 11) is -1.15. The van der Waals surface area contributed by atoms with Crippen LogP contribution in [-0.4, -0.2) is 8.07 Å². The monoisotopic (exact) mass is 180 g/mol. The highest BCUT2D eigenvalue weighted by Gasteiger charge is 2.06. The molecule has 0 saturated heterocycles. The Labute approximate surface area is 78.1 Å². The molecule has 0 fully saturated rings. The zero-order valence-electron chi connectivity index (χ0n) is 8.94. The summed E-state index contributed by atoms with van der Waals surface area (Å²) in [5.74, 6) is 3.86. The van der Waals surface area contributed by atoms with E-state index in [-0.39, 0.29) is 0 Å². The molecule has 0 amide bonds. The van der Waals surface area contributed by atoms with Crippen LogP contribution in [0.3, 0.4) is 0 Å². The van der Waals surface area contributed by atoms with E-state index >= 15 is 0 Å². The predicted octanol–water partition coefficient (Wildman–Crippen LogP) is 3.47. The molecule has 0 aliphatic carbocycles. The van der Waals surface area contributed by atoms with Crippen LogP contribution in [0.5, 0.6) is 0 Å². The van der Waals surface area contributed by atoms with Gasteiger partial charge in [0.05, 0.1) is 0 Å². The van der Waals surface area contributed by atoms with Crippen LogP contribution in [0.1, 0.15) is 20.3 Å². The van der Waals surface area contributed by atoms with Crippen molar-refractivity contribution in [2.24, 2.45) is 5.92 Å². The van der Waals surface area contributed by atoms with E-state index in [1.54, 1.807) is 0 Å². The van der Waals surface area contributed by atoms with E-state index in [2.05, 4.69) is 51.0 Å². The second-order valence-corrected chi connectivity index (χ2v) is 9.30. The molecule has 0 N–H and O–H groups in total. The van der Waals surface area contributed by atoms with Gasteiger partial charge in [-0.05, 0) is 18.4 Å². The molecule has 0 aromatic rings. The Kier molecular flexibility index (Phi) is 5.00. The average molecular weight is 180 g/mol. The average Bonchev–Trinajstić information content (AvgIpc) is 1.83. The molecule has 0 aromatic heterocycles. The highest BCUT2D eigenvalue weighted by atomic mass is 28.3. The zero-order chi connectivity index (χ0) is 9.61. The van der Waals surface area contributed by atoms with Crippen LogP contribution in [0.2, 0.25) is 19.6 Å². The van der Waals surface area contributed by atoms with Gasteiger partial charge in [0.1, 0.15) is 8.07 Å². The van der Waals surface area contributed by atoms with Gasteiger partial charge in [-0.2, -0.15) is 0 Å². The number of hydrogen-bond donors (Lipinski definition) is 0. The third kappa shape index (κ3) is 9.52. The van der Waals surface area contributed by atoms with Crippen LogP contribution < -0.4 is 0 Å². The van der Waals surface area contributed by atoms with Crippen molar-refractivity contribution in [1.82, 2.24) is 0 Å². The molecule has 0 atom stereocenters. The maximum absolute atomic E-state index is 3.30. The first-order chi connectivity index (χ1) is 5.42.